The number of carboxylic acid groups (broad SMARTS) is 1. The molecule has 2 aromatic rings. The molecule has 8 heteroatoms. The van der Waals surface area contributed by atoms with Gasteiger partial charge in [0.1, 0.15) is 0 Å². The first kappa shape index (κ1) is 18.4. The first-order valence-corrected chi connectivity index (χ1v) is 8.71. The van der Waals surface area contributed by atoms with Crippen molar-refractivity contribution < 1.29 is 23.8 Å². The third kappa shape index (κ3) is 4.62. The molecule has 2 heterocycles. The number of carbonyl (C=O) groups is 2. The summed E-state index contributed by atoms with van der Waals surface area (Å²) in [5, 5.41) is 9.42. The van der Waals surface area contributed by atoms with Crippen molar-refractivity contribution in [2.75, 3.05) is 19.7 Å². The van der Waals surface area contributed by atoms with Gasteiger partial charge in [-0.1, -0.05) is 23.7 Å². The van der Waals surface area contributed by atoms with E-state index in [9.17, 15) is 9.59 Å². The van der Waals surface area contributed by atoms with Crippen LogP contribution in [0, 0.1) is 0 Å². The minimum absolute atomic E-state index is 0.0683. The van der Waals surface area contributed by atoms with Gasteiger partial charge in [0.25, 0.3) is 0 Å². The van der Waals surface area contributed by atoms with E-state index in [2.05, 4.69) is 4.98 Å². The van der Waals surface area contributed by atoms with Crippen molar-refractivity contribution in [3.63, 3.8) is 0 Å². The number of ether oxygens (including phenoxy) is 1. The molecular weight excluding hydrogens is 360 g/mol. The topological polar surface area (TPSA) is 92.9 Å². The summed E-state index contributed by atoms with van der Waals surface area (Å²) in [7, 11) is 0. The minimum atomic E-state index is -0.934. The van der Waals surface area contributed by atoms with Gasteiger partial charge in [-0.05, 0) is 12.1 Å². The molecule has 0 aliphatic carbocycles. The fraction of sp³-hybridized carbons (Fsp3) is 0.389. The van der Waals surface area contributed by atoms with E-state index in [-0.39, 0.29) is 18.7 Å². The summed E-state index contributed by atoms with van der Waals surface area (Å²) in [4.78, 5) is 29.0. The summed E-state index contributed by atoms with van der Waals surface area (Å²) in [5.41, 5.74) is 0.754. The minimum Gasteiger partial charge on any atom is -0.481 e. The second-order valence-corrected chi connectivity index (χ2v) is 6.44. The van der Waals surface area contributed by atoms with Crippen LogP contribution >= 0.6 is 11.6 Å². The van der Waals surface area contributed by atoms with Crippen LogP contribution in [0.4, 0.5) is 0 Å². The number of carbonyl (C=O) groups excluding carboxylic acids is 1. The highest BCUT2D eigenvalue weighted by molar-refractivity contribution is 6.33. The molecule has 1 aliphatic rings. The SMILES string of the molecule is O=C(O)C[C@@H]1CN(C(=O)CCc2ncc(-c3ccccc3Cl)o2)CCO1. The van der Waals surface area contributed by atoms with E-state index >= 15 is 0 Å². The van der Waals surface area contributed by atoms with E-state index in [0.29, 0.717) is 42.8 Å². The third-order valence-corrected chi connectivity index (χ3v) is 4.47. The number of aromatic nitrogens is 1. The molecule has 1 saturated heterocycles. The molecule has 0 spiro atoms. The number of hydrogen-bond acceptors (Lipinski definition) is 5. The van der Waals surface area contributed by atoms with Crippen LogP contribution in [0.15, 0.2) is 34.9 Å². The summed E-state index contributed by atoms with van der Waals surface area (Å²) in [6.45, 7) is 1.10. The molecule has 1 aliphatic heterocycles. The van der Waals surface area contributed by atoms with Gasteiger partial charge in [-0.2, -0.15) is 0 Å². The van der Waals surface area contributed by atoms with Crippen LogP contribution < -0.4 is 0 Å². The zero-order valence-corrected chi connectivity index (χ0v) is 14.8. The van der Waals surface area contributed by atoms with Gasteiger partial charge in [0.2, 0.25) is 5.91 Å². The number of oxazole rings is 1. The Balaban J connectivity index is 1.55. The van der Waals surface area contributed by atoms with Gasteiger partial charge in [0.15, 0.2) is 11.7 Å². The van der Waals surface area contributed by atoms with Crippen molar-refractivity contribution in [3.8, 4) is 11.3 Å². The van der Waals surface area contributed by atoms with Gasteiger partial charge in [-0.15, -0.1) is 0 Å². The second kappa shape index (κ2) is 8.33. The van der Waals surface area contributed by atoms with Crippen molar-refractivity contribution >= 4 is 23.5 Å². The Kier molecular flexibility index (Phi) is 5.90. The molecule has 0 radical (unpaired) electrons. The van der Waals surface area contributed by atoms with Gasteiger partial charge < -0.3 is 19.2 Å². The van der Waals surface area contributed by atoms with E-state index in [4.69, 9.17) is 25.9 Å². The van der Waals surface area contributed by atoms with E-state index < -0.39 is 12.1 Å². The highest BCUT2D eigenvalue weighted by atomic mass is 35.5. The van der Waals surface area contributed by atoms with Crippen molar-refractivity contribution in [3.05, 3.63) is 41.4 Å². The fourth-order valence-corrected chi connectivity index (χ4v) is 3.08. The molecule has 0 bridgehead atoms. The van der Waals surface area contributed by atoms with Crippen LogP contribution in [-0.4, -0.2) is 52.7 Å². The average molecular weight is 379 g/mol. The van der Waals surface area contributed by atoms with E-state index in [1.165, 1.54) is 0 Å². The van der Waals surface area contributed by atoms with Crippen LogP contribution in [-0.2, 0) is 20.7 Å². The van der Waals surface area contributed by atoms with Gasteiger partial charge in [-0.25, -0.2) is 4.98 Å². The average Bonchev–Trinajstić information content (AvgIpc) is 3.08. The lowest BCUT2D eigenvalue weighted by Crippen LogP contribution is -2.46. The van der Waals surface area contributed by atoms with Gasteiger partial charge in [0, 0.05) is 31.5 Å². The summed E-state index contributed by atoms with van der Waals surface area (Å²) in [6, 6.07) is 7.31. The first-order valence-electron chi connectivity index (χ1n) is 8.33. The number of benzene rings is 1. The zero-order valence-electron chi connectivity index (χ0n) is 14.1. The second-order valence-electron chi connectivity index (χ2n) is 6.03. The smallest absolute Gasteiger partial charge is 0.306 e. The summed E-state index contributed by atoms with van der Waals surface area (Å²) >= 11 is 6.14. The number of amides is 1. The summed E-state index contributed by atoms with van der Waals surface area (Å²) in [5.74, 6) is 0.0203. The lowest BCUT2D eigenvalue weighted by Gasteiger charge is -2.32. The maximum Gasteiger partial charge on any atom is 0.306 e. The number of carboxylic acids is 1. The monoisotopic (exact) mass is 378 g/mol. The zero-order chi connectivity index (χ0) is 18.5. The van der Waals surface area contributed by atoms with E-state index in [1.807, 2.05) is 18.2 Å². The third-order valence-electron chi connectivity index (χ3n) is 4.14. The molecule has 3 rings (SSSR count). The Morgan fingerprint density at radius 1 is 1.35 bits per heavy atom. The first-order chi connectivity index (χ1) is 12.5. The molecule has 1 N–H and O–H groups in total. The number of aryl methyl sites for hydroxylation is 1. The number of hydrogen-bond donors (Lipinski definition) is 1. The number of rotatable bonds is 6. The van der Waals surface area contributed by atoms with E-state index in [0.717, 1.165) is 5.56 Å². The molecule has 138 valence electrons. The van der Waals surface area contributed by atoms with Crippen molar-refractivity contribution in [2.45, 2.75) is 25.4 Å². The van der Waals surface area contributed by atoms with Crippen LogP contribution in [0.2, 0.25) is 5.02 Å². The molecule has 1 atom stereocenters. The lowest BCUT2D eigenvalue weighted by atomic mass is 10.2. The number of halogens is 1. The Bertz CT molecular complexity index is 791. The fourth-order valence-electron chi connectivity index (χ4n) is 2.85. The Morgan fingerprint density at radius 3 is 2.92 bits per heavy atom. The number of nitrogens with zero attached hydrogens (tertiary/aromatic N) is 2. The molecule has 1 aromatic heterocycles. The highest BCUT2D eigenvalue weighted by Crippen LogP contribution is 2.28. The standard InChI is InChI=1S/C18H19ClN2O5/c19-14-4-2-1-3-13(14)15-10-20-16(26-15)5-6-17(22)21-7-8-25-12(11-21)9-18(23)24/h1-4,10,12H,5-9,11H2,(H,23,24)/t12-/m1/s1. The molecule has 1 amide bonds. The molecule has 0 unspecified atom stereocenters. The van der Waals surface area contributed by atoms with Crippen LogP contribution in [0.1, 0.15) is 18.7 Å². The van der Waals surface area contributed by atoms with Crippen LogP contribution in [0.3, 0.4) is 0 Å². The van der Waals surface area contributed by atoms with Gasteiger partial charge in [0.05, 0.1) is 30.4 Å². The maximum atomic E-state index is 12.4. The Hall–Kier alpha value is -2.38. The molecule has 1 aromatic carbocycles. The summed E-state index contributed by atoms with van der Waals surface area (Å²) < 4.78 is 11.1. The lowest BCUT2D eigenvalue weighted by molar-refractivity contribution is -0.147. The Morgan fingerprint density at radius 2 is 2.15 bits per heavy atom. The quantitative estimate of drug-likeness (QED) is 0.830. The normalized spacial score (nSPS) is 17.3. The van der Waals surface area contributed by atoms with Crippen molar-refractivity contribution in [1.29, 1.82) is 0 Å². The predicted molar refractivity (Wildman–Crippen MR) is 93.8 cm³/mol. The predicted octanol–water partition coefficient (Wildman–Crippen LogP) is 2.63. The number of morpholine rings is 1. The van der Waals surface area contributed by atoms with Crippen molar-refractivity contribution in [1.82, 2.24) is 9.88 Å². The molecule has 26 heavy (non-hydrogen) atoms. The molecule has 0 saturated carbocycles. The van der Waals surface area contributed by atoms with Crippen LogP contribution in [0.25, 0.3) is 11.3 Å². The van der Waals surface area contributed by atoms with Crippen LogP contribution in [0.5, 0.6) is 0 Å². The molecule has 7 nitrogen and oxygen atoms in total. The Labute approximate surface area is 155 Å². The summed E-state index contributed by atoms with van der Waals surface area (Å²) in [6.07, 6.45) is 1.63. The van der Waals surface area contributed by atoms with Gasteiger partial charge in [-0.3, -0.25) is 9.59 Å². The maximum absolute atomic E-state index is 12.4. The van der Waals surface area contributed by atoms with E-state index in [1.54, 1.807) is 17.2 Å². The molecule has 1 fully saturated rings. The van der Waals surface area contributed by atoms with Crippen molar-refractivity contribution in [2.24, 2.45) is 0 Å². The van der Waals surface area contributed by atoms with Gasteiger partial charge >= 0.3 is 5.97 Å². The number of aliphatic carboxylic acids is 1. The highest BCUT2D eigenvalue weighted by Gasteiger charge is 2.26. The molecular formula is C18H19ClN2O5. The largest absolute Gasteiger partial charge is 0.481 e.